The molecule has 226 valence electrons. The lowest BCUT2D eigenvalue weighted by atomic mass is 9.79. The molecule has 42 heavy (non-hydrogen) atoms. The van der Waals surface area contributed by atoms with Crippen molar-refractivity contribution in [2.75, 3.05) is 18.0 Å². The Morgan fingerprint density at radius 2 is 1.71 bits per heavy atom. The number of aryl methyl sites for hydroxylation is 1. The van der Waals surface area contributed by atoms with Gasteiger partial charge in [-0.1, -0.05) is 33.6 Å². The minimum atomic E-state index is -0.418. The van der Waals surface area contributed by atoms with Crippen LogP contribution >= 0.6 is 0 Å². The Kier molecular flexibility index (Phi) is 7.59. The molecule has 7 nitrogen and oxygen atoms in total. The van der Waals surface area contributed by atoms with Gasteiger partial charge < -0.3 is 14.4 Å². The molecule has 7 heteroatoms. The number of piperidine rings is 1. The topological polar surface area (TPSA) is 79.7 Å². The number of hydrogen-bond acceptors (Lipinski definition) is 5. The van der Waals surface area contributed by atoms with Gasteiger partial charge in [-0.05, 0) is 81.4 Å². The normalized spacial score (nSPS) is 28.2. The van der Waals surface area contributed by atoms with E-state index in [9.17, 15) is 19.2 Å². The Labute approximate surface area is 250 Å². The molecule has 0 unspecified atom stereocenters. The van der Waals surface area contributed by atoms with E-state index >= 15 is 0 Å². The van der Waals surface area contributed by atoms with Gasteiger partial charge in [-0.3, -0.25) is 19.2 Å². The first-order valence-corrected chi connectivity index (χ1v) is 16.3. The molecule has 3 aliphatic heterocycles. The van der Waals surface area contributed by atoms with Gasteiger partial charge in [-0.15, -0.1) is 0 Å². The van der Waals surface area contributed by atoms with Crippen LogP contribution in [0.15, 0.2) is 18.3 Å². The molecule has 6 rings (SSSR count). The van der Waals surface area contributed by atoms with Crippen molar-refractivity contribution in [2.24, 2.45) is 10.8 Å². The zero-order valence-corrected chi connectivity index (χ0v) is 26.0. The minimum absolute atomic E-state index is 0.00572. The lowest BCUT2D eigenvalue weighted by Crippen LogP contribution is -2.44. The molecule has 2 bridgehead atoms. The number of benzene rings is 1. The van der Waals surface area contributed by atoms with Crippen LogP contribution in [0.4, 0.5) is 5.69 Å². The number of ketones is 3. The molecule has 4 aliphatic rings. The summed E-state index contributed by atoms with van der Waals surface area (Å²) in [4.78, 5) is 57.8. The average molecular weight is 574 g/mol. The predicted molar refractivity (Wildman–Crippen MR) is 165 cm³/mol. The van der Waals surface area contributed by atoms with Crippen LogP contribution in [0.1, 0.15) is 114 Å². The van der Waals surface area contributed by atoms with E-state index in [0.29, 0.717) is 30.6 Å². The molecule has 4 heterocycles. The first-order chi connectivity index (χ1) is 20.0. The Morgan fingerprint density at radius 1 is 0.952 bits per heavy atom. The van der Waals surface area contributed by atoms with Crippen LogP contribution in [0, 0.1) is 10.8 Å². The van der Waals surface area contributed by atoms with Gasteiger partial charge in [0.2, 0.25) is 5.91 Å². The van der Waals surface area contributed by atoms with Crippen LogP contribution in [-0.2, 0) is 27.3 Å². The summed E-state index contributed by atoms with van der Waals surface area (Å²) in [5.41, 5.74) is 3.50. The van der Waals surface area contributed by atoms with E-state index in [2.05, 4.69) is 30.9 Å². The molecule has 1 aliphatic carbocycles. The number of anilines is 1. The third kappa shape index (κ3) is 5.11. The van der Waals surface area contributed by atoms with Gasteiger partial charge in [0.05, 0.1) is 11.6 Å². The molecular formula is C35H47N3O4. The maximum atomic E-state index is 14.1. The number of carbonyl (C=O) groups is 4. The Balaban J connectivity index is 1.43. The maximum absolute atomic E-state index is 14.1. The van der Waals surface area contributed by atoms with Gasteiger partial charge in [0.25, 0.3) is 0 Å². The van der Waals surface area contributed by atoms with Gasteiger partial charge in [-0.2, -0.15) is 0 Å². The smallest absolute Gasteiger partial charge is 0.243 e. The number of hydrogen-bond donors (Lipinski definition) is 0. The summed E-state index contributed by atoms with van der Waals surface area (Å²) in [5.74, 6) is 0.367. The summed E-state index contributed by atoms with van der Waals surface area (Å²) < 4.78 is 2.00. The molecule has 1 amide bonds. The van der Waals surface area contributed by atoms with Crippen molar-refractivity contribution < 1.29 is 19.2 Å². The standard InChI is InChI=1S/C35H47N3O4/c1-5-29(40)28-19-35-14-12-31(41)34(3,4)13-8-6-7-11-24-17-25(36-15-9-10-16-36)18-26-27(23(2)39)21-37(33(24)26)22-32(42)38(28)30(35)20-35/h17-18,21,28,30H,5-16,19-20,22H2,1-4H3/t28-,30+,35-/m0/s1. The molecule has 1 aromatic carbocycles. The van der Waals surface area contributed by atoms with Crippen LogP contribution in [0.5, 0.6) is 0 Å². The SMILES string of the molecule is CCC(=O)[C@@H]1C[C@]23CCC(=O)C(C)(C)CCCCCc4cc(N5CCCC5)cc5c(C(C)=O)cn(c45)CC(=O)N1[C@@H]2C3. The van der Waals surface area contributed by atoms with Crippen molar-refractivity contribution in [3.05, 3.63) is 29.5 Å². The van der Waals surface area contributed by atoms with Crippen LogP contribution in [0.3, 0.4) is 0 Å². The Bertz CT molecular complexity index is 1430. The zero-order valence-electron chi connectivity index (χ0n) is 26.0. The highest BCUT2D eigenvalue weighted by atomic mass is 16.2. The predicted octanol–water partition coefficient (Wildman–Crippen LogP) is 6.27. The Hall–Kier alpha value is -2.96. The van der Waals surface area contributed by atoms with Crippen molar-refractivity contribution in [1.29, 1.82) is 0 Å². The second kappa shape index (κ2) is 10.9. The summed E-state index contributed by atoms with van der Waals surface area (Å²) in [6.07, 6.45) is 12.2. The highest BCUT2D eigenvalue weighted by Gasteiger charge is 2.66. The van der Waals surface area contributed by atoms with Gasteiger partial charge in [0, 0.05) is 60.2 Å². The van der Waals surface area contributed by atoms with Gasteiger partial charge in [-0.25, -0.2) is 0 Å². The molecular weight excluding hydrogens is 526 g/mol. The first kappa shape index (κ1) is 29.1. The third-order valence-electron chi connectivity index (χ3n) is 11.0. The molecule has 3 fully saturated rings. The summed E-state index contributed by atoms with van der Waals surface area (Å²) in [5, 5.41) is 0.933. The van der Waals surface area contributed by atoms with Crippen molar-refractivity contribution in [1.82, 2.24) is 9.47 Å². The van der Waals surface area contributed by atoms with E-state index in [0.717, 1.165) is 74.6 Å². The van der Waals surface area contributed by atoms with Crippen LogP contribution in [0.2, 0.25) is 0 Å². The van der Waals surface area contributed by atoms with E-state index in [4.69, 9.17) is 0 Å². The number of carbonyl (C=O) groups excluding carboxylic acids is 4. The second-order valence-electron chi connectivity index (χ2n) is 14.2. The van der Waals surface area contributed by atoms with Crippen LogP contribution < -0.4 is 4.90 Å². The van der Waals surface area contributed by atoms with Crippen LogP contribution in [-0.4, -0.2) is 57.9 Å². The zero-order chi connectivity index (χ0) is 29.8. The number of amides is 1. The van der Waals surface area contributed by atoms with E-state index in [-0.39, 0.29) is 40.9 Å². The fourth-order valence-electron chi connectivity index (χ4n) is 8.26. The molecule has 2 saturated heterocycles. The summed E-state index contributed by atoms with van der Waals surface area (Å²) >= 11 is 0. The fraction of sp³-hybridized carbons (Fsp3) is 0.657. The third-order valence-corrected chi connectivity index (χ3v) is 11.0. The monoisotopic (exact) mass is 573 g/mol. The highest BCUT2D eigenvalue weighted by Crippen LogP contribution is 2.62. The lowest BCUT2D eigenvalue weighted by Gasteiger charge is -2.27. The van der Waals surface area contributed by atoms with Crippen LogP contribution in [0.25, 0.3) is 10.9 Å². The van der Waals surface area contributed by atoms with Crippen molar-refractivity contribution in [2.45, 2.75) is 123 Å². The number of nitrogens with zero attached hydrogens (tertiary/aromatic N) is 3. The maximum Gasteiger partial charge on any atom is 0.243 e. The summed E-state index contributed by atoms with van der Waals surface area (Å²) in [6, 6.07) is 4.04. The fourth-order valence-corrected chi connectivity index (χ4v) is 8.26. The van der Waals surface area contributed by atoms with Crippen molar-refractivity contribution >= 4 is 39.8 Å². The largest absolute Gasteiger partial charge is 0.372 e. The first-order valence-electron chi connectivity index (χ1n) is 16.3. The van der Waals surface area contributed by atoms with E-state index in [1.807, 2.05) is 22.6 Å². The molecule has 0 radical (unpaired) electrons. The molecule has 3 atom stereocenters. The molecule has 2 aromatic rings. The van der Waals surface area contributed by atoms with E-state index in [1.54, 1.807) is 6.92 Å². The number of Topliss-reactive ketones (excluding diaryl/α,β-unsaturated/α-hetero) is 3. The highest BCUT2D eigenvalue weighted by molar-refractivity contribution is 6.09. The average Bonchev–Trinajstić information content (AvgIpc) is 3.33. The Morgan fingerprint density at radius 3 is 2.43 bits per heavy atom. The molecule has 0 spiro atoms. The summed E-state index contributed by atoms with van der Waals surface area (Å²) in [6.45, 7) is 9.80. The van der Waals surface area contributed by atoms with Crippen molar-refractivity contribution in [3.8, 4) is 0 Å². The van der Waals surface area contributed by atoms with Gasteiger partial charge in [0.1, 0.15) is 12.3 Å². The molecule has 1 aromatic heterocycles. The number of aromatic nitrogens is 1. The number of rotatable bonds is 4. The van der Waals surface area contributed by atoms with E-state index in [1.165, 1.54) is 18.4 Å². The second-order valence-corrected chi connectivity index (χ2v) is 14.2. The van der Waals surface area contributed by atoms with Gasteiger partial charge in [0.15, 0.2) is 11.6 Å². The summed E-state index contributed by atoms with van der Waals surface area (Å²) in [7, 11) is 0. The minimum Gasteiger partial charge on any atom is -0.372 e. The quantitative estimate of drug-likeness (QED) is 0.403. The van der Waals surface area contributed by atoms with Crippen molar-refractivity contribution in [3.63, 3.8) is 0 Å². The van der Waals surface area contributed by atoms with E-state index < -0.39 is 6.04 Å². The van der Waals surface area contributed by atoms with Gasteiger partial charge >= 0.3 is 0 Å². The molecule has 0 N–H and O–H groups in total. The molecule has 1 saturated carbocycles. The lowest BCUT2D eigenvalue weighted by molar-refractivity contribution is -0.139.